The molecule has 0 saturated carbocycles. The minimum absolute atomic E-state index is 1.03. The molecule has 12 heavy (non-hydrogen) atoms. The maximum atomic E-state index is 2.50. The Hall–Kier alpha value is 0.558. The van der Waals surface area contributed by atoms with E-state index >= 15 is 0 Å². The molecule has 0 radical (unpaired) electrons. The second-order valence-electron chi connectivity index (χ2n) is 4.78. The number of unbranched alkanes of at least 4 members (excludes halogenated alkanes) is 5. The topological polar surface area (TPSA) is 0 Å². The Balaban J connectivity index is 3.01. The van der Waals surface area contributed by atoms with Crippen LogP contribution in [0.3, 0.4) is 0 Å². The zero-order valence-electron chi connectivity index (χ0n) is 9.40. The van der Waals surface area contributed by atoms with Crippen molar-refractivity contribution in [2.75, 3.05) is 0 Å². The van der Waals surface area contributed by atoms with Crippen LogP contribution in [-0.4, -0.2) is 13.6 Å². The van der Waals surface area contributed by atoms with Gasteiger partial charge in [0.15, 0.2) is 0 Å². The van der Waals surface area contributed by atoms with Gasteiger partial charge in [-0.25, -0.2) is 0 Å². The summed E-state index contributed by atoms with van der Waals surface area (Å²) in [6.07, 6.45) is 8.74. The summed E-state index contributed by atoms with van der Waals surface area (Å²) in [5.74, 6) is 0. The molecule has 0 N–H and O–H groups in total. The van der Waals surface area contributed by atoms with Crippen molar-refractivity contribution in [3.8, 4) is 0 Å². The fourth-order valence-electron chi connectivity index (χ4n) is 1.37. The molecule has 74 valence electrons. The number of rotatable bonds is 7. The van der Waals surface area contributed by atoms with E-state index in [1.165, 1.54) is 38.5 Å². The van der Waals surface area contributed by atoms with Gasteiger partial charge in [-0.1, -0.05) is 0 Å². The van der Waals surface area contributed by atoms with Gasteiger partial charge in [0.05, 0.1) is 0 Å². The molecule has 0 aliphatic rings. The average Bonchev–Trinajstić information content (AvgIpc) is 1.94. The summed E-state index contributed by atoms with van der Waals surface area (Å²) in [6.45, 7) is 2.28. The van der Waals surface area contributed by atoms with Crippen molar-refractivity contribution in [1.82, 2.24) is 0 Å². The van der Waals surface area contributed by atoms with Crippen LogP contribution in [0.15, 0.2) is 0 Å². The van der Waals surface area contributed by atoms with E-state index in [4.69, 9.17) is 0 Å². The molecule has 0 fully saturated rings. The van der Waals surface area contributed by atoms with Gasteiger partial charge in [0, 0.05) is 0 Å². The first-order valence-corrected chi connectivity index (χ1v) is 12.3. The fourth-order valence-corrected chi connectivity index (χ4v) is 3.83. The Labute approximate surface area is 81.6 Å². The van der Waals surface area contributed by atoms with Crippen molar-refractivity contribution in [3.05, 3.63) is 0 Å². The van der Waals surface area contributed by atoms with Crippen molar-refractivity contribution < 1.29 is 0 Å². The molecule has 0 nitrogen and oxygen atoms in total. The SMILES string of the molecule is CCCCCCCC[As+](C)(C)C. The normalized spacial score (nSPS) is 12.0. The van der Waals surface area contributed by atoms with Gasteiger partial charge in [0.1, 0.15) is 0 Å². The predicted octanol–water partition coefficient (Wildman–Crippen LogP) is 4.69. The second-order valence-corrected chi connectivity index (χ2v) is 15.3. The van der Waals surface area contributed by atoms with E-state index in [0.29, 0.717) is 0 Å². The molecule has 0 bridgehead atoms. The zero-order valence-corrected chi connectivity index (χ0v) is 11.3. The molecule has 0 aromatic heterocycles. The van der Waals surface area contributed by atoms with Crippen LogP contribution in [-0.2, 0) is 0 Å². The summed E-state index contributed by atoms with van der Waals surface area (Å²) in [7, 11) is 0. The number of hydrogen-bond acceptors (Lipinski definition) is 0. The summed E-state index contributed by atoms with van der Waals surface area (Å²) in [4.78, 5) is 0. The number of hydrogen-bond donors (Lipinski definition) is 0. The van der Waals surface area contributed by atoms with E-state index in [-0.39, 0.29) is 0 Å². The van der Waals surface area contributed by atoms with Gasteiger partial charge in [-0.2, -0.15) is 0 Å². The molecule has 0 unspecified atom stereocenters. The molecule has 0 rings (SSSR count). The Bertz CT molecular complexity index is 91.7. The molecule has 0 heterocycles. The minimum atomic E-state index is -1.03. The molecule has 0 atom stereocenters. The summed E-state index contributed by atoms with van der Waals surface area (Å²) in [5, 5.41) is 1.56. The fraction of sp³-hybridized carbons (Fsp3) is 1.00. The van der Waals surface area contributed by atoms with Crippen molar-refractivity contribution in [1.29, 1.82) is 0 Å². The Morgan fingerprint density at radius 1 is 0.750 bits per heavy atom. The monoisotopic (exact) mass is 233 g/mol. The van der Waals surface area contributed by atoms with Crippen LogP contribution in [0.2, 0.25) is 22.3 Å². The molecule has 0 aliphatic heterocycles. The Morgan fingerprint density at radius 2 is 1.25 bits per heavy atom. The molecular formula is C11H26As+. The van der Waals surface area contributed by atoms with E-state index in [1.807, 2.05) is 0 Å². The van der Waals surface area contributed by atoms with Crippen LogP contribution >= 0.6 is 0 Å². The first-order chi connectivity index (χ1) is 5.56. The summed E-state index contributed by atoms with van der Waals surface area (Å²) >= 11 is -1.03. The third kappa shape index (κ3) is 10.6. The molecular weight excluding hydrogens is 207 g/mol. The van der Waals surface area contributed by atoms with Crippen molar-refractivity contribution in [3.63, 3.8) is 0 Å². The van der Waals surface area contributed by atoms with Crippen molar-refractivity contribution in [2.24, 2.45) is 0 Å². The van der Waals surface area contributed by atoms with Crippen LogP contribution in [0.1, 0.15) is 45.4 Å². The van der Waals surface area contributed by atoms with Gasteiger partial charge in [-0.05, 0) is 0 Å². The molecule has 0 spiro atoms. The first-order valence-electron chi connectivity index (χ1n) is 5.36. The van der Waals surface area contributed by atoms with E-state index in [1.54, 1.807) is 5.21 Å². The van der Waals surface area contributed by atoms with Gasteiger partial charge < -0.3 is 0 Å². The van der Waals surface area contributed by atoms with Crippen molar-refractivity contribution >= 4 is 13.6 Å². The van der Waals surface area contributed by atoms with Gasteiger partial charge in [0.25, 0.3) is 0 Å². The van der Waals surface area contributed by atoms with Gasteiger partial charge in [-0.3, -0.25) is 0 Å². The van der Waals surface area contributed by atoms with Crippen LogP contribution in [0.4, 0.5) is 0 Å². The van der Waals surface area contributed by atoms with Crippen LogP contribution in [0.25, 0.3) is 0 Å². The summed E-state index contributed by atoms with van der Waals surface area (Å²) in [5.41, 5.74) is 7.51. The average molecular weight is 233 g/mol. The van der Waals surface area contributed by atoms with Crippen molar-refractivity contribution in [2.45, 2.75) is 67.8 Å². The summed E-state index contributed by atoms with van der Waals surface area (Å²) < 4.78 is 0. The molecule has 0 aliphatic carbocycles. The van der Waals surface area contributed by atoms with E-state index in [9.17, 15) is 0 Å². The van der Waals surface area contributed by atoms with Crippen LogP contribution in [0.5, 0.6) is 0 Å². The van der Waals surface area contributed by atoms with Crippen LogP contribution in [0, 0.1) is 0 Å². The Morgan fingerprint density at radius 3 is 1.75 bits per heavy atom. The standard InChI is InChI=1S/C11H26As/c1-5-6-7-8-9-10-11-12(2,3)4/h5-11H2,1-4H3/q+1. The molecule has 0 amide bonds. The molecule has 1 heteroatoms. The maximum absolute atomic E-state index is 2.50. The zero-order chi connectivity index (χ0) is 9.45. The van der Waals surface area contributed by atoms with Gasteiger partial charge in [-0.15, -0.1) is 0 Å². The van der Waals surface area contributed by atoms with Gasteiger partial charge >= 0.3 is 81.3 Å². The van der Waals surface area contributed by atoms with E-state index < -0.39 is 13.6 Å². The molecule has 0 saturated heterocycles. The quantitative estimate of drug-likeness (QED) is 0.442. The molecule has 0 aromatic rings. The van der Waals surface area contributed by atoms with Gasteiger partial charge in [0.2, 0.25) is 0 Å². The third-order valence-corrected chi connectivity index (χ3v) is 5.66. The second kappa shape index (κ2) is 7.01. The van der Waals surface area contributed by atoms with E-state index in [0.717, 1.165) is 0 Å². The third-order valence-electron chi connectivity index (χ3n) is 2.18. The Kier molecular flexibility index (Phi) is 7.34. The summed E-state index contributed by atoms with van der Waals surface area (Å²) in [6, 6.07) is 0. The van der Waals surface area contributed by atoms with Crippen LogP contribution < -0.4 is 0 Å². The molecule has 0 aromatic carbocycles. The van der Waals surface area contributed by atoms with E-state index in [2.05, 4.69) is 24.1 Å². The predicted molar refractivity (Wildman–Crippen MR) is 61.5 cm³/mol. The first kappa shape index (κ1) is 12.6.